The van der Waals surface area contributed by atoms with E-state index in [-0.39, 0.29) is 12.5 Å². The molecule has 3 nitrogen and oxygen atoms in total. The Balaban J connectivity index is 2.85. The van der Waals surface area contributed by atoms with Gasteiger partial charge in [-0.3, -0.25) is 4.79 Å². The van der Waals surface area contributed by atoms with Gasteiger partial charge in [-0.2, -0.15) is 0 Å². The molecule has 0 aliphatic heterocycles. The molecule has 0 aliphatic carbocycles. The number of hydrogen-bond donors (Lipinski definition) is 0. The minimum absolute atomic E-state index is 0.103. The van der Waals surface area contributed by atoms with Crippen molar-refractivity contribution in [2.45, 2.75) is 33.1 Å². The molecular weight excluding hydrogens is 214 g/mol. The predicted octanol–water partition coefficient (Wildman–Crippen LogP) is 2.95. The average Bonchev–Trinajstić information content (AvgIpc) is 2.30. The SMILES string of the molecule is CCCC(=O)N(CCC[O])c1cccc(C)c1. The fraction of sp³-hybridized carbons (Fsp3) is 0.500. The maximum Gasteiger partial charge on any atom is 0.226 e. The minimum Gasteiger partial charge on any atom is -0.312 e. The van der Waals surface area contributed by atoms with Crippen LogP contribution in [0, 0.1) is 6.92 Å². The normalized spacial score (nSPS) is 10.3. The van der Waals surface area contributed by atoms with E-state index in [1.54, 1.807) is 4.90 Å². The maximum atomic E-state index is 12.0. The summed E-state index contributed by atoms with van der Waals surface area (Å²) >= 11 is 0. The van der Waals surface area contributed by atoms with Gasteiger partial charge in [0.05, 0.1) is 6.61 Å². The molecule has 0 aliphatic rings. The Morgan fingerprint density at radius 2 is 2.12 bits per heavy atom. The third-order valence-electron chi connectivity index (χ3n) is 2.60. The molecule has 3 heteroatoms. The van der Waals surface area contributed by atoms with Gasteiger partial charge in [0.2, 0.25) is 5.91 Å². The van der Waals surface area contributed by atoms with Gasteiger partial charge < -0.3 is 4.90 Å². The quantitative estimate of drug-likeness (QED) is 0.746. The van der Waals surface area contributed by atoms with E-state index in [0.717, 1.165) is 17.7 Å². The van der Waals surface area contributed by atoms with Gasteiger partial charge >= 0.3 is 0 Å². The van der Waals surface area contributed by atoms with E-state index in [4.69, 9.17) is 0 Å². The summed E-state index contributed by atoms with van der Waals surface area (Å²) in [5, 5.41) is 10.6. The van der Waals surface area contributed by atoms with Crippen LogP contribution in [0.3, 0.4) is 0 Å². The molecule has 0 aromatic heterocycles. The highest BCUT2D eigenvalue weighted by atomic mass is 16.3. The zero-order valence-electron chi connectivity index (χ0n) is 10.6. The van der Waals surface area contributed by atoms with Gasteiger partial charge in [0, 0.05) is 18.7 Å². The van der Waals surface area contributed by atoms with Crippen molar-refractivity contribution < 1.29 is 9.90 Å². The van der Waals surface area contributed by atoms with E-state index in [0.29, 0.717) is 19.4 Å². The third-order valence-corrected chi connectivity index (χ3v) is 2.60. The molecule has 0 saturated heterocycles. The number of carbonyl (C=O) groups excluding carboxylic acids is 1. The van der Waals surface area contributed by atoms with Crippen molar-refractivity contribution in [3.05, 3.63) is 29.8 Å². The monoisotopic (exact) mass is 234 g/mol. The molecule has 0 heterocycles. The number of hydrogen-bond acceptors (Lipinski definition) is 1. The van der Waals surface area contributed by atoms with Crippen LogP contribution in [-0.2, 0) is 9.90 Å². The average molecular weight is 234 g/mol. The number of rotatable bonds is 6. The highest BCUT2D eigenvalue weighted by molar-refractivity contribution is 5.93. The molecule has 93 valence electrons. The van der Waals surface area contributed by atoms with E-state index in [2.05, 4.69) is 0 Å². The van der Waals surface area contributed by atoms with E-state index >= 15 is 0 Å². The highest BCUT2D eigenvalue weighted by Gasteiger charge is 2.14. The summed E-state index contributed by atoms with van der Waals surface area (Å²) in [6.45, 7) is 4.37. The second-order valence-electron chi connectivity index (χ2n) is 4.19. The van der Waals surface area contributed by atoms with Crippen LogP contribution in [0.1, 0.15) is 31.7 Å². The Morgan fingerprint density at radius 3 is 2.71 bits per heavy atom. The first-order valence-corrected chi connectivity index (χ1v) is 6.14. The summed E-state index contributed by atoms with van der Waals surface area (Å²) in [5.74, 6) is 0.103. The Morgan fingerprint density at radius 1 is 1.35 bits per heavy atom. The second-order valence-corrected chi connectivity index (χ2v) is 4.19. The van der Waals surface area contributed by atoms with Gasteiger partial charge in [-0.05, 0) is 37.5 Å². The Bertz CT molecular complexity index is 363. The minimum atomic E-state index is -0.137. The van der Waals surface area contributed by atoms with Crippen molar-refractivity contribution in [2.24, 2.45) is 0 Å². The number of benzene rings is 1. The van der Waals surface area contributed by atoms with Gasteiger partial charge in [0.15, 0.2) is 0 Å². The molecule has 0 spiro atoms. The lowest BCUT2D eigenvalue weighted by Crippen LogP contribution is -2.32. The summed E-state index contributed by atoms with van der Waals surface area (Å²) in [4.78, 5) is 13.7. The first kappa shape index (κ1) is 13.7. The predicted molar refractivity (Wildman–Crippen MR) is 68.6 cm³/mol. The van der Waals surface area contributed by atoms with Crippen LogP contribution in [0.5, 0.6) is 0 Å². The molecule has 1 aromatic rings. The molecule has 1 rings (SSSR count). The lowest BCUT2D eigenvalue weighted by Gasteiger charge is -2.22. The van der Waals surface area contributed by atoms with Crippen molar-refractivity contribution in [1.82, 2.24) is 0 Å². The second kappa shape index (κ2) is 7.07. The van der Waals surface area contributed by atoms with Crippen molar-refractivity contribution in [1.29, 1.82) is 0 Å². The van der Waals surface area contributed by atoms with E-state index in [9.17, 15) is 9.90 Å². The van der Waals surface area contributed by atoms with Gasteiger partial charge in [-0.1, -0.05) is 19.1 Å². The van der Waals surface area contributed by atoms with Crippen molar-refractivity contribution in [2.75, 3.05) is 18.1 Å². The fourth-order valence-corrected chi connectivity index (χ4v) is 1.77. The molecule has 1 radical (unpaired) electrons. The number of nitrogens with zero attached hydrogens (tertiary/aromatic N) is 1. The maximum absolute atomic E-state index is 12.0. The molecule has 0 fully saturated rings. The first-order valence-electron chi connectivity index (χ1n) is 6.14. The summed E-state index contributed by atoms with van der Waals surface area (Å²) in [7, 11) is 0. The van der Waals surface area contributed by atoms with Crippen LogP contribution in [0.15, 0.2) is 24.3 Å². The van der Waals surface area contributed by atoms with Crippen LogP contribution in [0.2, 0.25) is 0 Å². The zero-order valence-corrected chi connectivity index (χ0v) is 10.6. The Hall–Kier alpha value is -1.35. The lowest BCUT2D eigenvalue weighted by atomic mass is 10.2. The molecule has 0 saturated carbocycles. The van der Waals surface area contributed by atoms with E-state index in [1.165, 1.54) is 0 Å². The molecule has 0 N–H and O–H groups in total. The first-order chi connectivity index (χ1) is 8.19. The fourth-order valence-electron chi connectivity index (χ4n) is 1.77. The number of aryl methyl sites for hydroxylation is 1. The molecular formula is C14H20NO2. The van der Waals surface area contributed by atoms with Crippen molar-refractivity contribution in [3.63, 3.8) is 0 Å². The smallest absolute Gasteiger partial charge is 0.226 e. The van der Waals surface area contributed by atoms with Crippen molar-refractivity contribution >= 4 is 11.6 Å². The summed E-state index contributed by atoms with van der Waals surface area (Å²) in [6.07, 6.45) is 1.87. The number of anilines is 1. The standard InChI is InChI=1S/C14H20NO2/c1-3-6-14(17)15(9-5-10-16)13-8-4-7-12(2)11-13/h4,7-8,11H,3,5-6,9-10H2,1-2H3. The summed E-state index contributed by atoms with van der Waals surface area (Å²) in [5.41, 5.74) is 2.02. The lowest BCUT2D eigenvalue weighted by molar-refractivity contribution is -0.118. The summed E-state index contributed by atoms with van der Waals surface area (Å²) in [6, 6.07) is 7.84. The van der Waals surface area contributed by atoms with Crippen LogP contribution < -0.4 is 4.90 Å². The van der Waals surface area contributed by atoms with Crippen molar-refractivity contribution in [3.8, 4) is 0 Å². The van der Waals surface area contributed by atoms with Gasteiger partial charge in [0.1, 0.15) is 0 Å². The molecule has 0 atom stereocenters. The number of carbonyl (C=O) groups is 1. The van der Waals surface area contributed by atoms with Gasteiger partial charge in [0.25, 0.3) is 0 Å². The molecule has 17 heavy (non-hydrogen) atoms. The van der Waals surface area contributed by atoms with E-state index in [1.807, 2.05) is 38.1 Å². The number of amides is 1. The van der Waals surface area contributed by atoms with E-state index < -0.39 is 0 Å². The molecule has 0 bridgehead atoms. The Labute approximate surface area is 103 Å². The highest BCUT2D eigenvalue weighted by Crippen LogP contribution is 2.17. The van der Waals surface area contributed by atoms with Crippen LogP contribution >= 0.6 is 0 Å². The molecule has 0 unspecified atom stereocenters. The third kappa shape index (κ3) is 4.19. The zero-order chi connectivity index (χ0) is 12.7. The largest absolute Gasteiger partial charge is 0.312 e. The van der Waals surface area contributed by atoms with Crippen LogP contribution in [-0.4, -0.2) is 19.1 Å². The van der Waals surface area contributed by atoms with Gasteiger partial charge in [-0.15, -0.1) is 0 Å². The van der Waals surface area contributed by atoms with Gasteiger partial charge in [-0.25, -0.2) is 5.11 Å². The topological polar surface area (TPSA) is 40.2 Å². The van der Waals surface area contributed by atoms with Crippen LogP contribution in [0.4, 0.5) is 5.69 Å². The summed E-state index contributed by atoms with van der Waals surface area (Å²) < 4.78 is 0. The van der Waals surface area contributed by atoms with Crippen LogP contribution in [0.25, 0.3) is 0 Å². The molecule has 1 aromatic carbocycles. The molecule has 1 amide bonds. The Kier molecular flexibility index (Phi) is 5.70.